The number of fused-ring (bicyclic) bond motifs is 2. The van der Waals surface area contributed by atoms with Crippen LogP contribution in [0.3, 0.4) is 0 Å². The molecule has 30 heavy (non-hydrogen) atoms. The third kappa shape index (κ3) is 4.06. The summed E-state index contributed by atoms with van der Waals surface area (Å²) in [6, 6.07) is 9.44. The van der Waals surface area contributed by atoms with E-state index >= 15 is 0 Å². The number of nitrogens with one attached hydrogen (secondary N) is 2. The second-order valence-corrected chi connectivity index (χ2v) is 7.16. The van der Waals surface area contributed by atoms with Gasteiger partial charge in [0.2, 0.25) is 5.95 Å². The van der Waals surface area contributed by atoms with Crippen LogP contribution < -0.4 is 5.32 Å². The number of hydrogen-bond donors (Lipinski definition) is 2. The fourth-order valence-electron chi connectivity index (χ4n) is 3.19. The Labute approximate surface area is 171 Å². The maximum absolute atomic E-state index is 13.8. The summed E-state index contributed by atoms with van der Waals surface area (Å²) in [6.45, 7) is 0.891. The number of carbonyl (C=O) groups is 2. The fourth-order valence-corrected chi connectivity index (χ4v) is 3.19. The predicted molar refractivity (Wildman–Crippen MR) is 111 cm³/mol. The van der Waals surface area contributed by atoms with Gasteiger partial charge in [0.1, 0.15) is 19.0 Å². The second kappa shape index (κ2) is 8.03. The Morgan fingerprint density at radius 1 is 1.23 bits per heavy atom. The van der Waals surface area contributed by atoms with Crippen LogP contribution in [0, 0.1) is 5.82 Å². The van der Waals surface area contributed by atoms with Crippen LogP contribution in [0.4, 0.5) is 15.1 Å². The van der Waals surface area contributed by atoms with Crippen molar-refractivity contribution in [1.82, 2.24) is 14.9 Å². The summed E-state index contributed by atoms with van der Waals surface area (Å²) in [5.74, 6) is -0.321. The molecular formula is C21H20FN5O3. The minimum atomic E-state index is -0.601. The number of carbonyl (C=O) groups excluding carboxylic acids is 2. The Balaban J connectivity index is 1.57. The third-order valence-corrected chi connectivity index (χ3v) is 4.67. The predicted octanol–water partition coefficient (Wildman–Crippen LogP) is 2.85. The number of aliphatic imine (C=N–C) groups is 1. The number of ether oxygens (including phenoxy) is 1. The number of aromatic nitrogens is 2. The number of imidazole rings is 1. The van der Waals surface area contributed by atoms with Crippen LogP contribution in [0.1, 0.15) is 21.5 Å². The van der Waals surface area contributed by atoms with E-state index in [2.05, 4.69) is 20.3 Å². The number of halogens is 1. The highest BCUT2D eigenvalue weighted by molar-refractivity contribution is 6.22. The van der Waals surface area contributed by atoms with Crippen molar-refractivity contribution in [1.29, 1.82) is 0 Å². The van der Waals surface area contributed by atoms with Gasteiger partial charge in [0.05, 0.1) is 16.7 Å². The Hall–Kier alpha value is -3.59. The molecule has 0 saturated heterocycles. The molecule has 1 aliphatic rings. The number of likely N-dealkylation sites (N-methyl/N-ethyl adjacent to an activating group) is 1. The van der Waals surface area contributed by atoms with Crippen LogP contribution >= 0.6 is 0 Å². The molecule has 4 rings (SSSR count). The highest BCUT2D eigenvalue weighted by Crippen LogP contribution is 2.24. The van der Waals surface area contributed by atoms with E-state index in [1.165, 1.54) is 18.2 Å². The van der Waals surface area contributed by atoms with E-state index in [4.69, 9.17) is 4.74 Å². The lowest BCUT2D eigenvalue weighted by Gasteiger charge is -2.16. The molecule has 1 amide bonds. The molecule has 0 bridgehead atoms. The lowest BCUT2D eigenvalue weighted by atomic mass is 9.92. The molecule has 2 heterocycles. The SMILES string of the molecule is CN(C)CCOC(=O)Nc1nc2ccc(C3=NCC(=O)c4ccc(F)cc43)cc2[nH]1. The number of benzene rings is 2. The van der Waals surface area contributed by atoms with Gasteiger partial charge in [0, 0.05) is 23.2 Å². The second-order valence-electron chi connectivity index (χ2n) is 7.16. The summed E-state index contributed by atoms with van der Waals surface area (Å²) >= 11 is 0. The van der Waals surface area contributed by atoms with Gasteiger partial charge >= 0.3 is 6.09 Å². The number of aromatic amines is 1. The summed E-state index contributed by atoms with van der Waals surface area (Å²) < 4.78 is 18.9. The first-order valence-electron chi connectivity index (χ1n) is 9.37. The molecule has 0 unspecified atom stereocenters. The summed E-state index contributed by atoms with van der Waals surface area (Å²) in [7, 11) is 3.77. The zero-order valence-corrected chi connectivity index (χ0v) is 16.5. The van der Waals surface area contributed by atoms with Gasteiger partial charge in [-0.15, -0.1) is 0 Å². The molecule has 8 nitrogen and oxygen atoms in total. The summed E-state index contributed by atoms with van der Waals surface area (Å²) in [5.41, 5.74) is 3.47. The third-order valence-electron chi connectivity index (χ3n) is 4.67. The largest absolute Gasteiger partial charge is 0.448 e. The van der Waals surface area contributed by atoms with Gasteiger partial charge in [-0.05, 0) is 44.4 Å². The van der Waals surface area contributed by atoms with Crippen LogP contribution in [0.25, 0.3) is 11.0 Å². The Morgan fingerprint density at radius 2 is 2.07 bits per heavy atom. The molecule has 154 valence electrons. The van der Waals surface area contributed by atoms with Crippen molar-refractivity contribution in [2.45, 2.75) is 0 Å². The smallest absolute Gasteiger partial charge is 0.414 e. The van der Waals surface area contributed by atoms with Crippen molar-refractivity contribution in [2.75, 3.05) is 39.1 Å². The van der Waals surface area contributed by atoms with Crippen LogP contribution in [0.2, 0.25) is 0 Å². The minimum Gasteiger partial charge on any atom is -0.448 e. The van der Waals surface area contributed by atoms with Crippen molar-refractivity contribution in [3.8, 4) is 0 Å². The van der Waals surface area contributed by atoms with Gasteiger partial charge in [0.25, 0.3) is 0 Å². The highest BCUT2D eigenvalue weighted by Gasteiger charge is 2.22. The molecule has 1 aromatic heterocycles. The van der Waals surface area contributed by atoms with E-state index < -0.39 is 11.9 Å². The van der Waals surface area contributed by atoms with E-state index in [1.807, 2.05) is 19.0 Å². The topological polar surface area (TPSA) is 99.7 Å². The maximum atomic E-state index is 13.8. The zero-order chi connectivity index (χ0) is 21.3. The molecule has 2 N–H and O–H groups in total. The first kappa shape index (κ1) is 19.7. The normalized spacial score (nSPS) is 13.3. The lowest BCUT2D eigenvalue weighted by molar-refractivity contribution is 0.1000. The Morgan fingerprint density at radius 3 is 2.87 bits per heavy atom. The number of nitrogens with zero attached hydrogens (tertiary/aromatic N) is 3. The minimum absolute atomic E-state index is 0.0145. The van der Waals surface area contributed by atoms with E-state index in [9.17, 15) is 14.0 Å². The van der Waals surface area contributed by atoms with E-state index in [-0.39, 0.29) is 24.9 Å². The maximum Gasteiger partial charge on any atom is 0.414 e. The quantitative estimate of drug-likeness (QED) is 0.675. The average Bonchev–Trinajstić information content (AvgIpc) is 3.09. The van der Waals surface area contributed by atoms with Crippen molar-refractivity contribution in [2.24, 2.45) is 4.99 Å². The molecule has 3 aromatic rings. The number of hydrogen-bond acceptors (Lipinski definition) is 6. The number of anilines is 1. The lowest BCUT2D eigenvalue weighted by Crippen LogP contribution is -2.22. The number of H-pyrrole nitrogens is 1. The Kier molecular flexibility index (Phi) is 5.28. The van der Waals surface area contributed by atoms with Gasteiger partial charge in [-0.25, -0.2) is 14.2 Å². The van der Waals surface area contributed by atoms with E-state index in [0.717, 1.165) is 0 Å². The molecule has 0 saturated carbocycles. The summed E-state index contributed by atoms with van der Waals surface area (Å²) in [4.78, 5) is 37.6. The van der Waals surface area contributed by atoms with Crippen LogP contribution in [0.15, 0.2) is 41.4 Å². The number of ketones is 1. The van der Waals surface area contributed by atoms with Gasteiger partial charge in [-0.3, -0.25) is 15.1 Å². The molecule has 2 aromatic carbocycles. The van der Waals surface area contributed by atoms with Crippen LogP contribution in [0.5, 0.6) is 0 Å². The molecule has 0 spiro atoms. The first-order chi connectivity index (χ1) is 14.4. The van der Waals surface area contributed by atoms with Crippen molar-refractivity contribution >= 4 is 34.6 Å². The van der Waals surface area contributed by atoms with Crippen molar-refractivity contribution in [3.05, 3.63) is 58.9 Å². The van der Waals surface area contributed by atoms with Gasteiger partial charge < -0.3 is 14.6 Å². The zero-order valence-electron chi connectivity index (χ0n) is 16.5. The average molecular weight is 409 g/mol. The highest BCUT2D eigenvalue weighted by atomic mass is 19.1. The van der Waals surface area contributed by atoms with Crippen molar-refractivity contribution in [3.63, 3.8) is 0 Å². The van der Waals surface area contributed by atoms with E-state index in [1.54, 1.807) is 18.2 Å². The van der Waals surface area contributed by atoms with Gasteiger partial charge in [-0.2, -0.15) is 0 Å². The first-order valence-corrected chi connectivity index (χ1v) is 9.37. The van der Waals surface area contributed by atoms with Gasteiger partial charge in [0.15, 0.2) is 5.78 Å². The molecule has 9 heteroatoms. The molecule has 0 atom stereocenters. The summed E-state index contributed by atoms with van der Waals surface area (Å²) in [6.07, 6.45) is -0.601. The monoisotopic (exact) mass is 409 g/mol. The standard InChI is InChI=1S/C21H20FN5O3/c1-27(2)7-8-30-21(29)26-20-24-16-6-3-12(9-17(16)25-20)19-15-10-13(22)4-5-14(15)18(28)11-23-19/h3-6,9-10H,7-8,11H2,1-2H3,(H2,24,25,26,29). The summed E-state index contributed by atoms with van der Waals surface area (Å²) in [5, 5.41) is 2.56. The molecule has 0 aliphatic carbocycles. The number of amides is 1. The van der Waals surface area contributed by atoms with Crippen LogP contribution in [-0.4, -0.2) is 66.2 Å². The van der Waals surface area contributed by atoms with Gasteiger partial charge in [-0.1, -0.05) is 6.07 Å². The van der Waals surface area contributed by atoms with Crippen molar-refractivity contribution < 1.29 is 18.7 Å². The van der Waals surface area contributed by atoms with E-state index in [0.29, 0.717) is 40.0 Å². The fraction of sp³-hybridized carbons (Fsp3) is 0.238. The molecule has 0 radical (unpaired) electrons. The number of Topliss-reactive ketones (excluding diaryl/α,β-unsaturated/α-hetero) is 1. The number of rotatable bonds is 5. The molecule has 0 fully saturated rings. The molecule has 1 aliphatic heterocycles. The molecular weight excluding hydrogens is 389 g/mol. The Bertz CT molecular complexity index is 1170. The van der Waals surface area contributed by atoms with Crippen LogP contribution in [-0.2, 0) is 4.74 Å².